The molecule has 0 saturated heterocycles. The first-order chi connectivity index (χ1) is 8.02. The van der Waals surface area contributed by atoms with Crippen LogP contribution < -0.4 is 10.5 Å². The number of halogens is 1. The molecule has 0 aromatic carbocycles. The molecule has 0 fully saturated rings. The van der Waals surface area contributed by atoms with E-state index in [1.807, 2.05) is 13.8 Å². The third-order valence-electron chi connectivity index (χ3n) is 2.34. The summed E-state index contributed by atoms with van der Waals surface area (Å²) < 4.78 is 7.70. The van der Waals surface area contributed by atoms with Gasteiger partial charge in [0, 0.05) is 6.07 Å². The maximum Gasteiger partial charge on any atom is 0.225 e. The van der Waals surface area contributed by atoms with Crippen LogP contribution in [-0.4, -0.2) is 26.9 Å². The highest BCUT2D eigenvalue weighted by Gasteiger charge is 2.13. The molecule has 2 aromatic heterocycles. The Bertz CT molecular complexity index is 566. The Morgan fingerprint density at radius 1 is 1.35 bits per heavy atom. The van der Waals surface area contributed by atoms with Gasteiger partial charge in [0.05, 0.1) is 23.0 Å². The minimum Gasteiger partial charge on any atom is -0.481 e. The first kappa shape index (κ1) is 11.8. The summed E-state index contributed by atoms with van der Waals surface area (Å²) in [5, 5.41) is 4.36. The molecule has 17 heavy (non-hydrogen) atoms. The summed E-state index contributed by atoms with van der Waals surface area (Å²) in [4.78, 5) is 8.06. The Kier molecular flexibility index (Phi) is 3.01. The number of nitrogens with zero attached hydrogens (tertiary/aromatic N) is 4. The van der Waals surface area contributed by atoms with Crippen LogP contribution in [0.15, 0.2) is 10.5 Å². The fourth-order valence-corrected chi connectivity index (χ4v) is 1.74. The van der Waals surface area contributed by atoms with E-state index >= 15 is 0 Å². The zero-order valence-corrected chi connectivity index (χ0v) is 11.3. The molecule has 0 atom stereocenters. The molecule has 0 unspecified atom stereocenters. The first-order valence-electron chi connectivity index (χ1n) is 4.93. The highest BCUT2D eigenvalue weighted by atomic mass is 79.9. The van der Waals surface area contributed by atoms with Crippen molar-refractivity contribution < 1.29 is 4.74 Å². The van der Waals surface area contributed by atoms with Crippen LogP contribution in [0.4, 0.5) is 5.95 Å². The van der Waals surface area contributed by atoms with Crippen LogP contribution in [0.2, 0.25) is 0 Å². The average Bonchev–Trinajstić information content (AvgIpc) is 2.56. The van der Waals surface area contributed by atoms with Gasteiger partial charge in [0.1, 0.15) is 0 Å². The quantitative estimate of drug-likeness (QED) is 0.911. The van der Waals surface area contributed by atoms with E-state index in [1.165, 1.54) is 7.11 Å². The molecule has 0 radical (unpaired) electrons. The molecule has 0 amide bonds. The number of nitrogen functional groups attached to an aromatic ring is 1. The van der Waals surface area contributed by atoms with E-state index in [0.717, 1.165) is 15.9 Å². The van der Waals surface area contributed by atoms with Crippen LogP contribution in [0.3, 0.4) is 0 Å². The lowest BCUT2D eigenvalue weighted by Crippen LogP contribution is -2.06. The molecule has 6 nitrogen and oxygen atoms in total. The van der Waals surface area contributed by atoms with Crippen molar-refractivity contribution >= 4 is 21.9 Å². The Hall–Kier alpha value is -1.63. The number of nitrogens with two attached hydrogens (primary N) is 1. The molecular formula is C10H12BrN5O. The van der Waals surface area contributed by atoms with E-state index in [-0.39, 0.29) is 5.95 Å². The minimum absolute atomic E-state index is 0.156. The summed E-state index contributed by atoms with van der Waals surface area (Å²) in [7, 11) is 1.53. The lowest BCUT2D eigenvalue weighted by Gasteiger charge is -2.06. The monoisotopic (exact) mass is 297 g/mol. The number of aryl methyl sites for hydroxylation is 1. The molecule has 0 aliphatic rings. The van der Waals surface area contributed by atoms with Crippen LogP contribution in [0.1, 0.15) is 11.4 Å². The summed E-state index contributed by atoms with van der Waals surface area (Å²) in [6.07, 6.45) is 0. The summed E-state index contributed by atoms with van der Waals surface area (Å²) in [6.45, 7) is 3.85. The van der Waals surface area contributed by atoms with E-state index in [4.69, 9.17) is 10.5 Å². The Morgan fingerprint density at radius 2 is 2.06 bits per heavy atom. The van der Waals surface area contributed by atoms with Crippen molar-refractivity contribution in [2.24, 2.45) is 0 Å². The Morgan fingerprint density at radius 3 is 2.59 bits per heavy atom. The van der Waals surface area contributed by atoms with E-state index in [2.05, 4.69) is 31.0 Å². The molecule has 0 aliphatic carbocycles. The highest BCUT2D eigenvalue weighted by molar-refractivity contribution is 9.10. The third kappa shape index (κ3) is 2.10. The Labute approximate surface area is 107 Å². The van der Waals surface area contributed by atoms with Gasteiger partial charge < -0.3 is 10.5 Å². The van der Waals surface area contributed by atoms with Gasteiger partial charge >= 0.3 is 0 Å². The number of hydrogen-bond acceptors (Lipinski definition) is 5. The number of ether oxygens (including phenoxy) is 1. The zero-order valence-electron chi connectivity index (χ0n) is 9.73. The SMILES string of the molecule is COc1cc(-n2nc(C)c(Br)c2C)nc(N)n1. The van der Waals surface area contributed by atoms with Gasteiger partial charge in [-0.1, -0.05) is 0 Å². The van der Waals surface area contributed by atoms with Crippen LogP contribution in [0.25, 0.3) is 5.82 Å². The van der Waals surface area contributed by atoms with Crippen LogP contribution >= 0.6 is 15.9 Å². The van der Waals surface area contributed by atoms with Crippen molar-refractivity contribution in [1.29, 1.82) is 0 Å². The molecule has 2 rings (SSSR count). The van der Waals surface area contributed by atoms with Crippen molar-refractivity contribution in [3.05, 3.63) is 21.9 Å². The molecule has 0 aliphatic heterocycles. The van der Waals surface area contributed by atoms with Gasteiger partial charge in [-0.3, -0.25) is 0 Å². The lowest BCUT2D eigenvalue weighted by atomic mass is 10.4. The summed E-state index contributed by atoms with van der Waals surface area (Å²) >= 11 is 3.46. The van der Waals surface area contributed by atoms with Gasteiger partial charge in [0.15, 0.2) is 5.82 Å². The second kappa shape index (κ2) is 4.33. The molecule has 2 N–H and O–H groups in total. The molecule has 0 spiro atoms. The molecule has 7 heteroatoms. The normalized spacial score (nSPS) is 10.6. The van der Waals surface area contributed by atoms with Gasteiger partial charge in [-0.25, -0.2) is 4.68 Å². The van der Waals surface area contributed by atoms with E-state index < -0.39 is 0 Å². The first-order valence-corrected chi connectivity index (χ1v) is 5.73. The van der Waals surface area contributed by atoms with Gasteiger partial charge in [-0.15, -0.1) is 0 Å². The van der Waals surface area contributed by atoms with Crippen molar-refractivity contribution in [2.45, 2.75) is 13.8 Å². The number of anilines is 1. The maximum absolute atomic E-state index is 5.61. The number of aromatic nitrogens is 4. The van der Waals surface area contributed by atoms with E-state index in [0.29, 0.717) is 11.7 Å². The molecule has 2 aromatic rings. The van der Waals surface area contributed by atoms with Gasteiger partial charge in [-0.05, 0) is 29.8 Å². The summed E-state index contributed by atoms with van der Waals surface area (Å²) in [5.41, 5.74) is 7.45. The molecule has 2 heterocycles. The zero-order chi connectivity index (χ0) is 12.6. The molecule has 0 bridgehead atoms. The predicted octanol–water partition coefficient (Wildman–Crippen LogP) is 1.63. The van der Waals surface area contributed by atoms with E-state index in [9.17, 15) is 0 Å². The van der Waals surface area contributed by atoms with Crippen molar-refractivity contribution in [3.63, 3.8) is 0 Å². The lowest BCUT2D eigenvalue weighted by molar-refractivity contribution is 0.397. The third-order valence-corrected chi connectivity index (χ3v) is 3.48. The topological polar surface area (TPSA) is 78.8 Å². The largest absolute Gasteiger partial charge is 0.481 e. The fourth-order valence-electron chi connectivity index (χ4n) is 1.49. The number of rotatable bonds is 2. The Balaban J connectivity index is 2.59. The van der Waals surface area contributed by atoms with Crippen molar-refractivity contribution in [3.8, 4) is 11.7 Å². The van der Waals surface area contributed by atoms with Gasteiger partial charge in [0.2, 0.25) is 11.8 Å². The second-order valence-corrected chi connectivity index (χ2v) is 4.32. The van der Waals surface area contributed by atoms with Gasteiger partial charge in [-0.2, -0.15) is 15.1 Å². The molecule has 90 valence electrons. The van der Waals surface area contributed by atoms with Crippen molar-refractivity contribution in [2.75, 3.05) is 12.8 Å². The number of hydrogen-bond donors (Lipinski definition) is 1. The van der Waals surface area contributed by atoms with Crippen LogP contribution in [-0.2, 0) is 0 Å². The highest BCUT2D eigenvalue weighted by Crippen LogP contribution is 2.23. The van der Waals surface area contributed by atoms with E-state index in [1.54, 1.807) is 10.7 Å². The second-order valence-electron chi connectivity index (χ2n) is 3.52. The van der Waals surface area contributed by atoms with Crippen LogP contribution in [0, 0.1) is 13.8 Å². The van der Waals surface area contributed by atoms with Crippen molar-refractivity contribution in [1.82, 2.24) is 19.7 Å². The van der Waals surface area contributed by atoms with Crippen LogP contribution in [0.5, 0.6) is 5.88 Å². The van der Waals surface area contributed by atoms with Gasteiger partial charge in [0.25, 0.3) is 0 Å². The average molecular weight is 298 g/mol. The minimum atomic E-state index is 0.156. The standard InChI is InChI=1S/C10H12BrN5O/c1-5-9(11)6(2)16(15-5)7-4-8(17-3)14-10(12)13-7/h4H,1-3H3,(H2,12,13,14). The predicted molar refractivity (Wildman–Crippen MR) is 67.3 cm³/mol. The molecular weight excluding hydrogens is 286 g/mol. The fraction of sp³-hybridized carbons (Fsp3) is 0.300. The summed E-state index contributed by atoms with van der Waals surface area (Å²) in [6, 6.07) is 1.68. The molecule has 0 saturated carbocycles. The smallest absolute Gasteiger partial charge is 0.225 e. The summed E-state index contributed by atoms with van der Waals surface area (Å²) in [5.74, 6) is 1.15. The maximum atomic E-state index is 5.61. The number of methoxy groups -OCH3 is 1.